The number of esters is 1. The van der Waals surface area contributed by atoms with Gasteiger partial charge in [0.25, 0.3) is 0 Å². The Morgan fingerprint density at radius 3 is 1.90 bits per heavy atom. The van der Waals surface area contributed by atoms with Crippen LogP contribution in [0.5, 0.6) is 5.75 Å². The molecule has 0 aromatic heterocycles. The fourth-order valence-electron chi connectivity index (χ4n) is 5.31. The number of ether oxygens (including phenoxy) is 2. The maximum absolute atomic E-state index is 14.8. The molecule has 3 unspecified atom stereocenters. The molecule has 3 atom stereocenters. The van der Waals surface area contributed by atoms with Crippen molar-refractivity contribution in [3.63, 3.8) is 0 Å². The van der Waals surface area contributed by atoms with Gasteiger partial charge in [0.05, 0.1) is 0 Å². The number of aromatic hydroxyl groups is 1. The third-order valence-electron chi connectivity index (χ3n) is 7.64. The van der Waals surface area contributed by atoms with Crippen molar-refractivity contribution in [2.45, 2.75) is 103 Å². The van der Waals surface area contributed by atoms with Crippen molar-refractivity contribution >= 4 is 23.9 Å². The smallest absolute Gasteiger partial charge is 0.408 e. The molecule has 0 saturated carbocycles. The van der Waals surface area contributed by atoms with Gasteiger partial charge in [-0.15, -0.1) is 6.42 Å². The lowest BCUT2D eigenvalue weighted by Crippen LogP contribution is -2.55. The second-order valence-electron chi connectivity index (χ2n) is 14.4. The zero-order chi connectivity index (χ0) is 37.8. The monoisotopic (exact) mass is 697 g/mol. The van der Waals surface area contributed by atoms with Gasteiger partial charge >= 0.3 is 12.1 Å². The van der Waals surface area contributed by atoms with E-state index in [4.69, 9.17) is 15.9 Å². The molecule has 0 heterocycles. The summed E-state index contributed by atoms with van der Waals surface area (Å²) in [7, 11) is 0. The number of hydrogen-bond donors (Lipinski definition) is 3. The van der Waals surface area contributed by atoms with E-state index < -0.39 is 53.2 Å². The number of hydrogen-bond acceptors (Lipinski definition) is 7. The van der Waals surface area contributed by atoms with E-state index in [1.54, 1.807) is 77.9 Å². The van der Waals surface area contributed by atoms with Crippen LogP contribution >= 0.6 is 0 Å². The molecule has 3 N–H and O–H groups in total. The summed E-state index contributed by atoms with van der Waals surface area (Å²) in [4.78, 5) is 57.5. The van der Waals surface area contributed by atoms with E-state index in [-0.39, 0.29) is 25.1 Å². The highest BCUT2D eigenvalue weighted by molar-refractivity contribution is 5.94. The molecule has 3 amide bonds. The van der Waals surface area contributed by atoms with Crippen LogP contribution in [0.15, 0.2) is 78.9 Å². The molecule has 0 aliphatic carbocycles. The molecule has 51 heavy (non-hydrogen) atoms. The lowest BCUT2D eigenvalue weighted by molar-refractivity contribution is -0.159. The molecular weight excluding hydrogens is 646 g/mol. The largest absolute Gasteiger partial charge is 0.508 e. The number of nitrogens with zero attached hydrogens (tertiary/aromatic N) is 1. The van der Waals surface area contributed by atoms with Crippen molar-refractivity contribution < 1.29 is 33.8 Å². The summed E-state index contributed by atoms with van der Waals surface area (Å²) in [6.45, 7) is 12.5. The Balaban J connectivity index is 2.12. The van der Waals surface area contributed by atoms with E-state index in [0.717, 1.165) is 5.56 Å². The van der Waals surface area contributed by atoms with Crippen molar-refractivity contribution in [3.8, 4) is 18.1 Å². The molecule has 0 radical (unpaired) electrons. The Hall–Kier alpha value is -5.30. The minimum atomic E-state index is -1.22. The first-order valence-electron chi connectivity index (χ1n) is 17.2. The molecule has 3 aromatic carbocycles. The lowest BCUT2D eigenvalue weighted by Gasteiger charge is -2.35. The molecular formula is C41H51N3O7. The lowest BCUT2D eigenvalue weighted by atomic mass is 9.98. The summed E-state index contributed by atoms with van der Waals surface area (Å²) >= 11 is 0. The number of nitrogens with one attached hydrogen (secondary N) is 2. The summed E-state index contributed by atoms with van der Waals surface area (Å²) in [5.74, 6) is 0.849. The van der Waals surface area contributed by atoms with Crippen LogP contribution < -0.4 is 10.6 Å². The maximum Gasteiger partial charge on any atom is 0.408 e. The highest BCUT2D eigenvalue weighted by Gasteiger charge is 2.38. The van der Waals surface area contributed by atoms with Crippen molar-refractivity contribution in [1.82, 2.24) is 15.5 Å². The number of carbonyl (C=O) groups excluding carboxylic acids is 4. The van der Waals surface area contributed by atoms with Gasteiger partial charge in [0.1, 0.15) is 35.1 Å². The molecule has 0 saturated heterocycles. The van der Waals surface area contributed by atoms with Crippen LogP contribution in [0.1, 0.15) is 89.6 Å². The van der Waals surface area contributed by atoms with E-state index in [1.807, 2.05) is 37.3 Å². The molecule has 0 aliphatic rings. The molecule has 10 heteroatoms. The first kappa shape index (κ1) is 40.1. The van der Waals surface area contributed by atoms with Gasteiger partial charge in [0, 0.05) is 24.9 Å². The second kappa shape index (κ2) is 18.1. The zero-order valence-corrected chi connectivity index (χ0v) is 30.7. The summed E-state index contributed by atoms with van der Waals surface area (Å²) in [5, 5.41) is 15.5. The zero-order valence-electron chi connectivity index (χ0n) is 30.7. The van der Waals surface area contributed by atoms with Crippen LogP contribution in [-0.2, 0) is 36.7 Å². The van der Waals surface area contributed by atoms with Crippen molar-refractivity contribution in [1.29, 1.82) is 0 Å². The number of phenolic OH excluding ortho intramolecular Hbond substituents is 1. The van der Waals surface area contributed by atoms with Gasteiger partial charge < -0.3 is 30.1 Å². The van der Waals surface area contributed by atoms with Crippen LogP contribution in [0.3, 0.4) is 0 Å². The van der Waals surface area contributed by atoms with Crippen LogP contribution in [0, 0.1) is 12.3 Å². The normalized spacial score (nSPS) is 13.1. The Kier molecular flexibility index (Phi) is 14.2. The predicted octanol–water partition coefficient (Wildman–Crippen LogP) is 6.25. The molecule has 0 spiro atoms. The number of benzene rings is 3. The van der Waals surface area contributed by atoms with Crippen LogP contribution in [0.4, 0.5) is 4.79 Å². The quantitative estimate of drug-likeness (QED) is 0.134. The number of terminal acetylenes is 1. The van der Waals surface area contributed by atoms with E-state index >= 15 is 0 Å². The van der Waals surface area contributed by atoms with E-state index in [9.17, 15) is 24.3 Å². The SMILES string of the molecule is C#Cc1ccc(C(C(=O)NC(Cc2ccccc2)C(=O)OC(C)(C)C)N(CCCC)C(=O)C(Cc2ccc(O)cc2)NC(=O)OC(C)(C)C)cc1. The topological polar surface area (TPSA) is 134 Å². The molecule has 0 fully saturated rings. The maximum atomic E-state index is 14.8. The molecule has 10 nitrogen and oxygen atoms in total. The Morgan fingerprint density at radius 1 is 0.784 bits per heavy atom. The highest BCUT2D eigenvalue weighted by Crippen LogP contribution is 2.26. The minimum absolute atomic E-state index is 0.0416. The third kappa shape index (κ3) is 13.2. The summed E-state index contributed by atoms with van der Waals surface area (Å²) in [6.07, 6.45) is 6.26. The van der Waals surface area contributed by atoms with Crippen LogP contribution in [0.2, 0.25) is 0 Å². The van der Waals surface area contributed by atoms with E-state index in [2.05, 4.69) is 16.6 Å². The number of carbonyl (C=O) groups is 4. The van der Waals surface area contributed by atoms with Gasteiger partial charge in [-0.1, -0.05) is 73.9 Å². The number of rotatable bonds is 14. The average Bonchev–Trinajstić information content (AvgIpc) is 3.05. The summed E-state index contributed by atoms with van der Waals surface area (Å²) < 4.78 is 11.2. The standard InChI is InChI=1S/C41H51N3O7/c1-9-11-25-44(37(47)33(43-39(49)51-41(6,7)8)26-30-19-23-32(45)24-20-30)35(31-21-17-28(10-2)18-22-31)36(46)42-34(38(48)50-40(3,4)5)27-29-15-13-12-14-16-29/h2,12-24,33-35,45H,9,11,25-27H2,1,3-8H3,(H,42,46)(H,43,49). The Bertz CT molecular complexity index is 1650. The Morgan fingerprint density at radius 2 is 1.35 bits per heavy atom. The molecule has 0 aliphatic heterocycles. The molecule has 272 valence electrons. The van der Waals surface area contributed by atoms with Gasteiger partial charge in [-0.3, -0.25) is 9.59 Å². The number of unbranched alkanes of at least 4 members (excludes halogenated alkanes) is 1. The minimum Gasteiger partial charge on any atom is -0.508 e. The fourth-order valence-corrected chi connectivity index (χ4v) is 5.31. The fraction of sp³-hybridized carbons (Fsp3) is 0.415. The molecule has 0 bridgehead atoms. The van der Waals surface area contributed by atoms with E-state index in [0.29, 0.717) is 29.5 Å². The van der Waals surface area contributed by atoms with Crippen molar-refractivity contribution in [3.05, 3.63) is 101 Å². The molecule has 3 aromatic rings. The van der Waals surface area contributed by atoms with Gasteiger partial charge in [-0.2, -0.15) is 0 Å². The second-order valence-corrected chi connectivity index (χ2v) is 14.4. The highest BCUT2D eigenvalue weighted by atomic mass is 16.6. The average molecular weight is 698 g/mol. The summed E-state index contributed by atoms with van der Waals surface area (Å²) in [5.41, 5.74) is 0.840. The first-order chi connectivity index (χ1) is 24.0. The molecule has 3 rings (SSSR count). The third-order valence-corrected chi connectivity index (χ3v) is 7.64. The number of amides is 3. The van der Waals surface area contributed by atoms with Gasteiger partial charge in [0.2, 0.25) is 11.8 Å². The van der Waals surface area contributed by atoms with Gasteiger partial charge in [-0.25, -0.2) is 9.59 Å². The van der Waals surface area contributed by atoms with Crippen molar-refractivity contribution in [2.75, 3.05) is 6.54 Å². The van der Waals surface area contributed by atoms with Crippen LogP contribution in [0.25, 0.3) is 0 Å². The Labute approximate surface area is 301 Å². The van der Waals surface area contributed by atoms with Crippen LogP contribution in [-0.4, -0.2) is 63.7 Å². The number of alkyl carbamates (subject to hydrolysis) is 1. The predicted molar refractivity (Wildman–Crippen MR) is 197 cm³/mol. The summed E-state index contributed by atoms with van der Waals surface area (Å²) in [6, 6.07) is 18.8. The van der Waals surface area contributed by atoms with Crippen molar-refractivity contribution in [2.24, 2.45) is 0 Å². The first-order valence-corrected chi connectivity index (χ1v) is 17.2. The van der Waals surface area contributed by atoms with Gasteiger partial charge in [0.15, 0.2) is 0 Å². The van der Waals surface area contributed by atoms with E-state index in [1.165, 1.54) is 17.0 Å². The van der Waals surface area contributed by atoms with Gasteiger partial charge in [-0.05, 0) is 88.9 Å². The number of phenols is 1.